The minimum Gasteiger partial charge on any atom is -0.368 e. The molecule has 2 aromatic heterocycles. The van der Waals surface area contributed by atoms with Crippen molar-refractivity contribution < 1.29 is 4.79 Å². The molecular formula is C17H23N5O. The lowest BCUT2D eigenvalue weighted by molar-refractivity contribution is -0.121. The van der Waals surface area contributed by atoms with Gasteiger partial charge in [-0.3, -0.25) is 9.78 Å². The Balaban J connectivity index is 1.98. The van der Waals surface area contributed by atoms with Crippen LogP contribution in [0.4, 0.5) is 5.95 Å². The Morgan fingerprint density at radius 2 is 1.91 bits per heavy atom. The van der Waals surface area contributed by atoms with Crippen molar-refractivity contribution in [3.05, 3.63) is 46.5 Å². The monoisotopic (exact) mass is 313 g/mol. The van der Waals surface area contributed by atoms with Gasteiger partial charge in [-0.15, -0.1) is 0 Å². The molecule has 6 heteroatoms. The summed E-state index contributed by atoms with van der Waals surface area (Å²) in [5, 5.41) is 3.01. The van der Waals surface area contributed by atoms with Gasteiger partial charge in [-0.1, -0.05) is 6.07 Å². The smallest absolute Gasteiger partial charge is 0.224 e. The summed E-state index contributed by atoms with van der Waals surface area (Å²) < 4.78 is 0. The number of aryl methyl sites for hydroxylation is 3. The van der Waals surface area contributed by atoms with Crippen molar-refractivity contribution in [2.45, 2.75) is 46.6 Å². The van der Waals surface area contributed by atoms with Crippen molar-refractivity contribution in [1.29, 1.82) is 0 Å². The van der Waals surface area contributed by atoms with E-state index in [2.05, 4.69) is 20.3 Å². The second-order valence-corrected chi connectivity index (χ2v) is 5.85. The number of aromatic nitrogens is 3. The zero-order chi connectivity index (χ0) is 17.0. The van der Waals surface area contributed by atoms with E-state index in [0.717, 1.165) is 28.2 Å². The highest BCUT2D eigenvalue weighted by Crippen LogP contribution is 2.12. The molecule has 0 fully saturated rings. The van der Waals surface area contributed by atoms with Crippen molar-refractivity contribution >= 4 is 11.9 Å². The van der Waals surface area contributed by atoms with Gasteiger partial charge < -0.3 is 11.1 Å². The van der Waals surface area contributed by atoms with Gasteiger partial charge in [0.05, 0.1) is 6.42 Å². The van der Waals surface area contributed by atoms with Crippen LogP contribution in [-0.2, 0) is 17.6 Å². The number of rotatable bonds is 5. The first kappa shape index (κ1) is 16.9. The number of nitrogens with zero attached hydrogens (tertiary/aromatic N) is 3. The third kappa shape index (κ3) is 4.48. The van der Waals surface area contributed by atoms with Crippen LogP contribution in [0.3, 0.4) is 0 Å². The summed E-state index contributed by atoms with van der Waals surface area (Å²) in [6.07, 6.45) is 2.73. The predicted octanol–water partition coefficient (Wildman–Crippen LogP) is 1.67. The Morgan fingerprint density at radius 1 is 1.26 bits per heavy atom. The first-order valence-corrected chi connectivity index (χ1v) is 7.66. The lowest BCUT2D eigenvalue weighted by atomic mass is 10.1. The molecule has 2 aromatic rings. The number of anilines is 1. The van der Waals surface area contributed by atoms with Crippen LogP contribution in [0.1, 0.15) is 35.1 Å². The van der Waals surface area contributed by atoms with Gasteiger partial charge in [0, 0.05) is 41.3 Å². The summed E-state index contributed by atoms with van der Waals surface area (Å²) in [6, 6.07) is 3.94. The molecule has 1 atom stereocenters. The summed E-state index contributed by atoms with van der Waals surface area (Å²) in [7, 11) is 0. The fourth-order valence-corrected chi connectivity index (χ4v) is 2.58. The number of carbonyl (C=O) groups excluding carboxylic acids is 1. The van der Waals surface area contributed by atoms with Crippen LogP contribution in [0, 0.1) is 20.8 Å². The van der Waals surface area contributed by atoms with E-state index in [1.807, 2.05) is 39.8 Å². The number of nitrogens with one attached hydrogen (secondary N) is 1. The lowest BCUT2D eigenvalue weighted by Crippen LogP contribution is -2.35. The second kappa shape index (κ2) is 7.17. The van der Waals surface area contributed by atoms with Gasteiger partial charge in [-0.25, -0.2) is 9.97 Å². The average Bonchev–Trinajstić information content (AvgIpc) is 2.45. The largest absolute Gasteiger partial charge is 0.368 e. The molecule has 2 rings (SSSR count). The number of carbonyl (C=O) groups is 1. The summed E-state index contributed by atoms with van der Waals surface area (Å²) >= 11 is 0. The standard InChI is InChI=1S/C17H23N5O/c1-10-6-5-7-19-15(10)8-11(2)20-16(23)9-14-12(3)21-17(18)22-13(14)4/h5-7,11H,8-9H2,1-4H3,(H,20,23)(H2,18,21,22)/t11-/m1/s1. The molecule has 0 saturated heterocycles. The van der Waals surface area contributed by atoms with E-state index in [4.69, 9.17) is 5.73 Å². The molecular weight excluding hydrogens is 290 g/mol. The fraction of sp³-hybridized carbons (Fsp3) is 0.412. The Morgan fingerprint density at radius 3 is 2.52 bits per heavy atom. The lowest BCUT2D eigenvalue weighted by Gasteiger charge is -2.16. The first-order chi connectivity index (χ1) is 10.9. The highest BCUT2D eigenvalue weighted by Gasteiger charge is 2.14. The SMILES string of the molecule is Cc1cccnc1C[C@@H](C)NC(=O)Cc1c(C)nc(N)nc1C. The van der Waals surface area contributed by atoms with Crippen LogP contribution in [0.2, 0.25) is 0 Å². The summed E-state index contributed by atoms with van der Waals surface area (Å²) in [5.41, 5.74) is 10.1. The van der Waals surface area contributed by atoms with E-state index < -0.39 is 0 Å². The quantitative estimate of drug-likeness (QED) is 0.875. The van der Waals surface area contributed by atoms with Crippen LogP contribution in [0.15, 0.2) is 18.3 Å². The maximum atomic E-state index is 12.3. The number of nitrogen functional groups attached to an aromatic ring is 1. The summed E-state index contributed by atoms with van der Waals surface area (Å²) in [4.78, 5) is 24.9. The van der Waals surface area contributed by atoms with Crippen molar-refractivity contribution in [1.82, 2.24) is 20.3 Å². The molecule has 0 spiro atoms. The maximum Gasteiger partial charge on any atom is 0.224 e. The van der Waals surface area contributed by atoms with Crippen LogP contribution in [0.5, 0.6) is 0 Å². The zero-order valence-corrected chi connectivity index (χ0v) is 14.1. The Bertz CT molecular complexity index is 691. The number of amides is 1. The molecule has 0 aliphatic carbocycles. The van der Waals surface area contributed by atoms with E-state index >= 15 is 0 Å². The molecule has 6 nitrogen and oxygen atoms in total. The summed E-state index contributed by atoms with van der Waals surface area (Å²) in [6.45, 7) is 7.68. The molecule has 0 aliphatic rings. The topological polar surface area (TPSA) is 93.8 Å². The minimum absolute atomic E-state index is 0.00594. The Labute approximate surface area is 136 Å². The normalized spacial score (nSPS) is 12.0. The fourth-order valence-electron chi connectivity index (χ4n) is 2.58. The van der Waals surface area contributed by atoms with Gasteiger partial charge in [-0.2, -0.15) is 0 Å². The zero-order valence-electron chi connectivity index (χ0n) is 14.1. The molecule has 2 heterocycles. The number of pyridine rings is 1. The second-order valence-electron chi connectivity index (χ2n) is 5.85. The third-order valence-corrected chi connectivity index (χ3v) is 3.80. The molecule has 0 aromatic carbocycles. The summed E-state index contributed by atoms with van der Waals surface area (Å²) in [5.74, 6) is 0.189. The van der Waals surface area contributed by atoms with Crippen LogP contribution in [0.25, 0.3) is 0 Å². The number of hydrogen-bond acceptors (Lipinski definition) is 5. The maximum absolute atomic E-state index is 12.3. The van der Waals surface area contributed by atoms with Crippen LogP contribution < -0.4 is 11.1 Å². The first-order valence-electron chi connectivity index (χ1n) is 7.66. The number of nitrogens with two attached hydrogens (primary N) is 1. The van der Waals surface area contributed by atoms with Crippen molar-refractivity contribution in [2.75, 3.05) is 5.73 Å². The van der Waals surface area contributed by atoms with Gasteiger partial charge in [0.15, 0.2) is 0 Å². The van der Waals surface area contributed by atoms with E-state index in [9.17, 15) is 4.79 Å². The van der Waals surface area contributed by atoms with Gasteiger partial charge in [0.2, 0.25) is 11.9 Å². The van der Waals surface area contributed by atoms with Crippen LogP contribution in [-0.4, -0.2) is 26.9 Å². The van der Waals surface area contributed by atoms with Gasteiger partial charge >= 0.3 is 0 Å². The van der Waals surface area contributed by atoms with Crippen molar-refractivity contribution in [3.8, 4) is 0 Å². The van der Waals surface area contributed by atoms with Gasteiger partial charge in [0.25, 0.3) is 0 Å². The van der Waals surface area contributed by atoms with Crippen molar-refractivity contribution in [3.63, 3.8) is 0 Å². The number of hydrogen-bond donors (Lipinski definition) is 2. The molecule has 1 amide bonds. The molecule has 0 unspecified atom stereocenters. The Kier molecular flexibility index (Phi) is 5.26. The van der Waals surface area contributed by atoms with Crippen molar-refractivity contribution in [2.24, 2.45) is 0 Å². The highest BCUT2D eigenvalue weighted by atomic mass is 16.1. The molecule has 3 N–H and O–H groups in total. The molecule has 0 bridgehead atoms. The highest BCUT2D eigenvalue weighted by molar-refractivity contribution is 5.79. The van der Waals surface area contributed by atoms with E-state index in [0.29, 0.717) is 6.42 Å². The molecule has 122 valence electrons. The van der Waals surface area contributed by atoms with E-state index in [1.165, 1.54) is 0 Å². The Hall–Kier alpha value is -2.50. The van der Waals surface area contributed by atoms with Crippen LogP contribution >= 0.6 is 0 Å². The third-order valence-electron chi connectivity index (χ3n) is 3.80. The average molecular weight is 313 g/mol. The molecule has 0 radical (unpaired) electrons. The van der Waals surface area contributed by atoms with E-state index in [1.54, 1.807) is 6.20 Å². The molecule has 0 aliphatic heterocycles. The molecule has 23 heavy (non-hydrogen) atoms. The van der Waals surface area contributed by atoms with E-state index in [-0.39, 0.29) is 24.3 Å². The van der Waals surface area contributed by atoms with Gasteiger partial charge in [-0.05, 0) is 39.3 Å². The minimum atomic E-state index is -0.0503. The molecule has 0 saturated carbocycles. The predicted molar refractivity (Wildman–Crippen MR) is 89.9 cm³/mol. The van der Waals surface area contributed by atoms with Gasteiger partial charge in [0.1, 0.15) is 0 Å².